The lowest BCUT2D eigenvalue weighted by Gasteiger charge is -2.18. The van der Waals surface area contributed by atoms with Crippen LogP contribution in [0.2, 0.25) is 0 Å². The van der Waals surface area contributed by atoms with Crippen LogP contribution in [0.1, 0.15) is 84.1 Å². The number of carbonyl (C=O) groups is 1. The van der Waals surface area contributed by atoms with Crippen molar-refractivity contribution in [2.45, 2.75) is 90.6 Å². The largest absolute Gasteiger partial charge is 0.424 e. The van der Waals surface area contributed by atoms with Crippen LogP contribution in [0, 0.1) is 0 Å². The van der Waals surface area contributed by atoms with E-state index in [2.05, 4.69) is 38.1 Å². The maximum Gasteiger partial charge on any atom is 0.348 e. The maximum atomic E-state index is 14.7. The molecule has 0 saturated heterocycles. The Morgan fingerprint density at radius 2 is 1.50 bits per heavy atom. The van der Waals surface area contributed by atoms with Crippen LogP contribution in [0.5, 0.6) is 5.75 Å². The molecular formula is C32H40FNO2. The van der Waals surface area contributed by atoms with E-state index in [1.807, 2.05) is 30.5 Å². The summed E-state index contributed by atoms with van der Waals surface area (Å²) >= 11 is 0. The second kappa shape index (κ2) is 13.9. The van der Waals surface area contributed by atoms with Gasteiger partial charge < -0.3 is 4.74 Å². The van der Waals surface area contributed by atoms with Gasteiger partial charge in [0.25, 0.3) is 0 Å². The average molecular weight is 490 g/mol. The van der Waals surface area contributed by atoms with Crippen LogP contribution in [0.25, 0.3) is 22.4 Å². The van der Waals surface area contributed by atoms with Gasteiger partial charge in [-0.3, -0.25) is 4.98 Å². The average Bonchev–Trinajstić information content (AvgIpc) is 2.89. The van der Waals surface area contributed by atoms with E-state index in [1.54, 1.807) is 12.1 Å². The number of carbonyl (C=O) groups excluding carboxylic acids is 1. The third kappa shape index (κ3) is 8.01. The molecule has 0 aliphatic rings. The fourth-order valence-electron chi connectivity index (χ4n) is 4.35. The quantitative estimate of drug-likeness (QED) is 0.129. The SMILES string of the molecule is CCCCCCCc1ccc(-c2ccccc2-c2ccc(OC(=O)C(C)(F)CCCCC)cc2)nc1. The molecule has 0 aliphatic carbocycles. The Morgan fingerprint density at radius 3 is 2.17 bits per heavy atom. The molecule has 0 bridgehead atoms. The van der Waals surface area contributed by atoms with Gasteiger partial charge in [-0.05, 0) is 67.5 Å². The van der Waals surface area contributed by atoms with E-state index in [1.165, 1.54) is 44.6 Å². The number of ether oxygens (including phenoxy) is 1. The minimum absolute atomic E-state index is 0.176. The van der Waals surface area contributed by atoms with Crippen molar-refractivity contribution in [3.8, 4) is 28.1 Å². The highest BCUT2D eigenvalue weighted by atomic mass is 19.1. The monoisotopic (exact) mass is 489 g/mol. The van der Waals surface area contributed by atoms with Gasteiger partial charge in [0.2, 0.25) is 5.67 Å². The maximum absolute atomic E-state index is 14.7. The number of rotatable bonds is 14. The fourth-order valence-corrected chi connectivity index (χ4v) is 4.35. The minimum Gasteiger partial charge on any atom is -0.424 e. The number of esters is 1. The Hall–Kier alpha value is -3.01. The summed E-state index contributed by atoms with van der Waals surface area (Å²) in [6.07, 6.45) is 12.1. The van der Waals surface area contributed by atoms with E-state index >= 15 is 0 Å². The molecule has 3 nitrogen and oxygen atoms in total. The van der Waals surface area contributed by atoms with Gasteiger partial charge >= 0.3 is 5.97 Å². The van der Waals surface area contributed by atoms with Gasteiger partial charge in [0.1, 0.15) is 5.75 Å². The molecule has 36 heavy (non-hydrogen) atoms. The molecule has 0 spiro atoms. The first kappa shape index (κ1) is 27.6. The van der Waals surface area contributed by atoms with Gasteiger partial charge in [0.15, 0.2) is 0 Å². The van der Waals surface area contributed by atoms with E-state index < -0.39 is 11.6 Å². The predicted molar refractivity (Wildman–Crippen MR) is 147 cm³/mol. The topological polar surface area (TPSA) is 39.2 Å². The lowest BCUT2D eigenvalue weighted by molar-refractivity contribution is -0.147. The minimum atomic E-state index is -1.98. The number of pyridine rings is 1. The molecule has 1 aromatic heterocycles. The van der Waals surface area contributed by atoms with Crippen LogP contribution in [0.15, 0.2) is 66.9 Å². The number of nitrogens with zero attached hydrogens (tertiary/aromatic N) is 1. The van der Waals surface area contributed by atoms with Crippen LogP contribution in [0.4, 0.5) is 4.39 Å². The fraction of sp³-hybridized carbons (Fsp3) is 0.438. The van der Waals surface area contributed by atoms with Gasteiger partial charge in [-0.2, -0.15) is 0 Å². The summed E-state index contributed by atoms with van der Waals surface area (Å²) in [6.45, 7) is 5.59. The molecular weight excluding hydrogens is 449 g/mol. The van der Waals surface area contributed by atoms with Crippen molar-refractivity contribution in [3.63, 3.8) is 0 Å². The van der Waals surface area contributed by atoms with Crippen molar-refractivity contribution in [1.82, 2.24) is 4.98 Å². The van der Waals surface area contributed by atoms with E-state index in [4.69, 9.17) is 9.72 Å². The van der Waals surface area contributed by atoms with Crippen LogP contribution in [-0.2, 0) is 11.2 Å². The molecule has 2 aromatic carbocycles. The molecule has 0 amide bonds. The molecule has 0 fully saturated rings. The summed E-state index contributed by atoms with van der Waals surface area (Å²) in [6, 6.07) is 19.7. The highest BCUT2D eigenvalue weighted by Gasteiger charge is 2.34. The van der Waals surface area contributed by atoms with E-state index in [-0.39, 0.29) is 6.42 Å². The van der Waals surface area contributed by atoms with Gasteiger partial charge in [0.05, 0.1) is 5.69 Å². The van der Waals surface area contributed by atoms with E-state index in [0.29, 0.717) is 12.2 Å². The van der Waals surface area contributed by atoms with Crippen molar-refractivity contribution < 1.29 is 13.9 Å². The van der Waals surface area contributed by atoms with Gasteiger partial charge in [-0.1, -0.05) is 94.8 Å². The van der Waals surface area contributed by atoms with Crippen molar-refractivity contribution >= 4 is 5.97 Å². The molecule has 0 aliphatic heterocycles. The van der Waals surface area contributed by atoms with Crippen LogP contribution in [0.3, 0.4) is 0 Å². The number of aromatic nitrogens is 1. The van der Waals surface area contributed by atoms with Crippen LogP contribution >= 0.6 is 0 Å². The highest BCUT2D eigenvalue weighted by Crippen LogP contribution is 2.32. The molecule has 192 valence electrons. The Bertz CT molecular complexity index is 1070. The molecule has 1 heterocycles. The molecule has 3 rings (SSSR count). The first-order valence-corrected chi connectivity index (χ1v) is 13.5. The number of unbranched alkanes of at least 4 members (excludes halogenated alkanes) is 6. The third-order valence-electron chi connectivity index (χ3n) is 6.65. The zero-order chi connectivity index (χ0) is 25.8. The zero-order valence-electron chi connectivity index (χ0n) is 22.1. The molecule has 1 atom stereocenters. The summed E-state index contributed by atoms with van der Waals surface area (Å²) in [5.74, 6) is -0.483. The second-order valence-corrected chi connectivity index (χ2v) is 9.83. The van der Waals surface area contributed by atoms with Crippen LogP contribution < -0.4 is 4.74 Å². The molecule has 3 aromatic rings. The predicted octanol–water partition coefficient (Wildman–Crippen LogP) is 9.14. The molecule has 0 radical (unpaired) electrons. The smallest absolute Gasteiger partial charge is 0.348 e. The Kier molecular flexibility index (Phi) is 10.7. The number of aryl methyl sites for hydroxylation is 1. The van der Waals surface area contributed by atoms with Crippen molar-refractivity contribution in [3.05, 3.63) is 72.4 Å². The summed E-state index contributed by atoms with van der Waals surface area (Å²) in [7, 11) is 0. The number of benzene rings is 2. The lowest BCUT2D eigenvalue weighted by atomic mass is 9.97. The Morgan fingerprint density at radius 1 is 0.833 bits per heavy atom. The van der Waals surface area contributed by atoms with E-state index in [9.17, 15) is 9.18 Å². The summed E-state index contributed by atoms with van der Waals surface area (Å²) in [4.78, 5) is 17.1. The van der Waals surface area contributed by atoms with Crippen molar-refractivity contribution in [1.29, 1.82) is 0 Å². The number of hydrogen-bond donors (Lipinski definition) is 0. The lowest BCUT2D eigenvalue weighted by Crippen LogP contribution is -2.34. The van der Waals surface area contributed by atoms with Gasteiger partial charge in [-0.25, -0.2) is 9.18 Å². The normalized spacial score (nSPS) is 12.8. The number of alkyl halides is 1. The first-order valence-electron chi connectivity index (χ1n) is 13.5. The molecule has 4 heteroatoms. The van der Waals surface area contributed by atoms with Crippen LogP contribution in [-0.4, -0.2) is 16.6 Å². The van der Waals surface area contributed by atoms with Gasteiger partial charge in [0, 0.05) is 11.8 Å². The molecule has 1 unspecified atom stereocenters. The Labute approximate surface area is 216 Å². The van der Waals surface area contributed by atoms with Crippen molar-refractivity contribution in [2.24, 2.45) is 0 Å². The van der Waals surface area contributed by atoms with Gasteiger partial charge in [-0.15, -0.1) is 0 Å². The number of hydrogen-bond acceptors (Lipinski definition) is 3. The first-order chi connectivity index (χ1) is 17.4. The standard InChI is InChI=1S/C32H40FNO2/c1-4-6-8-9-10-14-25-17-22-30(34-24-25)29-16-12-11-15-28(29)26-18-20-27(21-19-26)36-31(35)32(3,33)23-13-7-5-2/h11-12,15-22,24H,4-10,13-14,23H2,1-3H3. The summed E-state index contributed by atoms with van der Waals surface area (Å²) in [5, 5.41) is 0. The zero-order valence-corrected chi connectivity index (χ0v) is 22.1. The molecule has 0 N–H and O–H groups in total. The summed E-state index contributed by atoms with van der Waals surface area (Å²) < 4.78 is 20.1. The Balaban J connectivity index is 1.67. The summed E-state index contributed by atoms with van der Waals surface area (Å²) in [5.41, 5.74) is 3.30. The third-order valence-corrected chi connectivity index (χ3v) is 6.65. The molecule has 0 saturated carbocycles. The number of halogens is 1. The van der Waals surface area contributed by atoms with E-state index in [0.717, 1.165) is 41.6 Å². The second-order valence-electron chi connectivity index (χ2n) is 9.83. The van der Waals surface area contributed by atoms with Crippen molar-refractivity contribution in [2.75, 3.05) is 0 Å². The highest BCUT2D eigenvalue weighted by molar-refractivity contribution is 5.83.